The van der Waals surface area contributed by atoms with Crippen molar-refractivity contribution in [3.05, 3.63) is 15.6 Å². The first-order valence-corrected chi connectivity index (χ1v) is 6.11. The smallest absolute Gasteiger partial charge is 0.107 e. The molecule has 80 valence electrons. The fourth-order valence-corrected chi connectivity index (χ4v) is 2.35. The molecule has 0 atom stereocenters. The van der Waals surface area contributed by atoms with Gasteiger partial charge in [-0.3, -0.25) is 0 Å². The van der Waals surface area contributed by atoms with Crippen LogP contribution in [0.5, 0.6) is 0 Å². The SMILES string of the molecule is CCc1nc(CNCC(C)C)sc1C. The lowest BCUT2D eigenvalue weighted by atomic mass is 10.2. The monoisotopic (exact) mass is 212 g/mol. The van der Waals surface area contributed by atoms with E-state index in [4.69, 9.17) is 0 Å². The molecule has 0 radical (unpaired) electrons. The molecule has 0 amide bonds. The van der Waals surface area contributed by atoms with E-state index in [-0.39, 0.29) is 0 Å². The summed E-state index contributed by atoms with van der Waals surface area (Å²) in [6.07, 6.45) is 1.05. The molecular weight excluding hydrogens is 192 g/mol. The second-order valence-electron chi connectivity index (χ2n) is 3.99. The van der Waals surface area contributed by atoms with Crippen molar-refractivity contribution < 1.29 is 0 Å². The topological polar surface area (TPSA) is 24.9 Å². The van der Waals surface area contributed by atoms with E-state index in [2.05, 4.69) is 38.0 Å². The van der Waals surface area contributed by atoms with Crippen molar-refractivity contribution in [2.24, 2.45) is 5.92 Å². The zero-order valence-electron chi connectivity index (χ0n) is 9.55. The van der Waals surface area contributed by atoms with Gasteiger partial charge in [-0.05, 0) is 25.8 Å². The van der Waals surface area contributed by atoms with E-state index in [0.717, 1.165) is 19.5 Å². The standard InChI is InChI=1S/C11H20N2S/c1-5-10-9(4)14-11(13-10)7-12-6-8(2)3/h8,12H,5-7H2,1-4H3. The zero-order valence-corrected chi connectivity index (χ0v) is 10.4. The lowest BCUT2D eigenvalue weighted by molar-refractivity contribution is 0.551. The first-order valence-electron chi connectivity index (χ1n) is 5.29. The minimum Gasteiger partial charge on any atom is -0.310 e. The second-order valence-corrected chi connectivity index (χ2v) is 5.28. The number of hydrogen-bond donors (Lipinski definition) is 1. The highest BCUT2D eigenvalue weighted by molar-refractivity contribution is 7.11. The maximum Gasteiger partial charge on any atom is 0.107 e. The number of aromatic nitrogens is 1. The predicted octanol–water partition coefficient (Wildman–Crippen LogP) is 2.76. The Labute approximate surface area is 90.8 Å². The van der Waals surface area contributed by atoms with Crippen molar-refractivity contribution in [2.75, 3.05) is 6.54 Å². The summed E-state index contributed by atoms with van der Waals surface area (Å²) in [6.45, 7) is 10.7. The molecule has 0 saturated carbocycles. The van der Waals surface area contributed by atoms with Crippen molar-refractivity contribution in [2.45, 2.75) is 40.7 Å². The first kappa shape index (κ1) is 11.7. The van der Waals surface area contributed by atoms with Gasteiger partial charge in [0.15, 0.2) is 0 Å². The first-order chi connectivity index (χ1) is 6.63. The minimum atomic E-state index is 0.710. The average Bonchev–Trinajstić information content (AvgIpc) is 2.45. The fourth-order valence-electron chi connectivity index (χ4n) is 1.36. The summed E-state index contributed by atoms with van der Waals surface area (Å²) in [5.41, 5.74) is 1.26. The van der Waals surface area contributed by atoms with Crippen LogP contribution in [0.1, 0.15) is 36.3 Å². The van der Waals surface area contributed by atoms with Crippen molar-refractivity contribution in [1.82, 2.24) is 10.3 Å². The lowest BCUT2D eigenvalue weighted by Gasteiger charge is -2.04. The summed E-state index contributed by atoms with van der Waals surface area (Å²) in [6, 6.07) is 0. The van der Waals surface area contributed by atoms with Gasteiger partial charge in [0, 0.05) is 11.4 Å². The third-order valence-electron chi connectivity index (χ3n) is 2.10. The molecular formula is C11H20N2S. The largest absolute Gasteiger partial charge is 0.310 e. The molecule has 1 heterocycles. The summed E-state index contributed by atoms with van der Waals surface area (Å²) in [7, 11) is 0. The molecule has 1 aromatic heterocycles. The predicted molar refractivity (Wildman–Crippen MR) is 62.8 cm³/mol. The lowest BCUT2D eigenvalue weighted by Crippen LogP contribution is -2.18. The van der Waals surface area contributed by atoms with Crippen LogP contribution in [0.15, 0.2) is 0 Å². The molecule has 0 fully saturated rings. The molecule has 1 rings (SSSR count). The summed E-state index contributed by atoms with van der Waals surface area (Å²) >= 11 is 1.82. The molecule has 0 aromatic carbocycles. The summed E-state index contributed by atoms with van der Waals surface area (Å²) in [5, 5.41) is 4.64. The average molecular weight is 212 g/mol. The molecule has 0 aliphatic carbocycles. The molecule has 0 aliphatic heterocycles. The van der Waals surface area contributed by atoms with Crippen molar-refractivity contribution >= 4 is 11.3 Å². The van der Waals surface area contributed by atoms with Gasteiger partial charge in [0.25, 0.3) is 0 Å². The number of rotatable bonds is 5. The quantitative estimate of drug-likeness (QED) is 0.812. The molecule has 0 bridgehead atoms. The Morgan fingerprint density at radius 3 is 2.64 bits per heavy atom. The normalized spacial score (nSPS) is 11.2. The molecule has 14 heavy (non-hydrogen) atoms. The Kier molecular flexibility index (Phi) is 4.55. The van der Waals surface area contributed by atoms with Crippen LogP contribution in [0, 0.1) is 12.8 Å². The van der Waals surface area contributed by atoms with Gasteiger partial charge in [0.1, 0.15) is 5.01 Å². The zero-order chi connectivity index (χ0) is 10.6. The molecule has 0 saturated heterocycles. The van der Waals surface area contributed by atoms with E-state index in [1.54, 1.807) is 0 Å². The van der Waals surface area contributed by atoms with Crippen LogP contribution < -0.4 is 5.32 Å². The van der Waals surface area contributed by atoms with E-state index in [0.29, 0.717) is 5.92 Å². The Morgan fingerprint density at radius 1 is 1.43 bits per heavy atom. The molecule has 0 unspecified atom stereocenters. The number of nitrogens with one attached hydrogen (secondary N) is 1. The van der Waals surface area contributed by atoms with Crippen LogP contribution in [-0.4, -0.2) is 11.5 Å². The molecule has 1 N–H and O–H groups in total. The van der Waals surface area contributed by atoms with Crippen molar-refractivity contribution in [1.29, 1.82) is 0 Å². The van der Waals surface area contributed by atoms with Crippen LogP contribution in [0.3, 0.4) is 0 Å². The highest BCUT2D eigenvalue weighted by atomic mass is 32.1. The van der Waals surface area contributed by atoms with Gasteiger partial charge in [-0.2, -0.15) is 0 Å². The number of hydrogen-bond acceptors (Lipinski definition) is 3. The van der Waals surface area contributed by atoms with Crippen LogP contribution in [0.4, 0.5) is 0 Å². The van der Waals surface area contributed by atoms with E-state index in [1.807, 2.05) is 11.3 Å². The van der Waals surface area contributed by atoms with Crippen molar-refractivity contribution in [3.63, 3.8) is 0 Å². The molecule has 3 heteroatoms. The highest BCUT2D eigenvalue weighted by Crippen LogP contribution is 2.17. The Morgan fingerprint density at radius 2 is 2.14 bits per heavy atom. The summed E-state index contributed by atoms with van der Waals surface area (Å²) in [5.74, 6) is 0.710. The van der Waals surface area contributed by atoms with Gasteiger partial charge in [0.2, 0.25) is 0 Å². The Balaban J connectivity index is 2.43. The summed E-state index contributed by atoms with van der Waals surface area (Å²) in [4.78, 5) is 5.95. The molecule has 0 aliphatic rings. The third-order valence-corrected chi connectivity index (χ3v) is 3.11. The van der Waals surface area contributed by atoms with E-state index < -0.39 is 0 Å². The number of thiazole rings is 1. The van der Waals surface area contributed by atoms with Crippen molar-refractivity contribution in [3.8, 4) is 0 Å². The van der Waals surface area contributed by atoms with E-state index in [9.17, 15) is 0 Å². The van der Waals surface area contributed by atoms with Crippen LogP contribution in [0.2, 0.25) is 0 Å². The van der Waals surface area contributed by atoms with Crippen LogP contribution in [-0.2, 0) is 13.0 Å². The molecule has 0 spiro atoms. The van der Waals surface area contributed by atoms with Gasteiger partial charge < -0.3 is 5.32 Å². The summed E-state index contributed by atoms with van der Waals surface area (Å²) < 4.78 is 0. The van der Waals surface area contributed by atoms with Gasteiger partial charge in [-0.25, -0.2) is 4.98 Å². The van der Waals surface area contributed by atoms with Crippen LogP contribution >= 0.6 is 11.3 Å². The van der Waals surface area contributed by atoms with E-state index in [1.165, 1.54) is 15.6 Å². The molecule has 2 nitrogen and oxygen atoms in total. The van der Waals surface area contributed by atoms with Gasteiger partial charge in [0.05, 0.1) is 5.69 Å². The van der Waals surface area contributed by atoms with Gasteiger partial charge in [-0.15, -0.1) is 11.3 Å². The van der Waals surface area contributed by atoms with E-state index >= 15 is 0 Å². The maximum atomic E-state index is 4.58. The second kappa shape index (κ2) is 5.47. The minimum absolute atomic E-state index is 0.710. The Hall–Kier alpha value is -0.410. The van der Waals surface area contributed by atoms with Gasteiger partial charge >= 0.3 is 0 Å². The van der Waals surface area contributed by atoms with Gasteiger partial charge in [-0.1, -0.05) is 20.8 Å². The number of aryl methyl sites for hydroxylation is 2. The molecule has 1 aromatic rings. The highest BCUT2D eigenvalue weighted by Gasteiger charge is 2.05. The van der Waals surface area contributed by atoms with Crippen LogP contribution in [0.25, 0.3) is 0 Å². The third kappa shape index (κ3) is 3.39. The number of nitrogens with zero attached hydrogens (tertiary/aromatic N) is 1. The Bertz CT molecular complexity index is 279. The fraction of sp³-hybridized carbons (Fsp3) is 0.727. The maximum absolute atomic E-state index is 4.58.